The van der Waals surface area contributed by atoms with Gasteiger partial charge in [-0.1, -0.05) is 48.2 Å². The lowest BCUT2D eigenvalue weighted by atomic mass is 10.1. The first-order valence-corrected chi connectivity index (χ1v) is 10.7. The fraction of sp³-hybridized carbons (Fsp3) is 0.167. The fourth-order valence-electron chi connectivity index (χ4n) is 3.21. The van der Waals surface area contributed by atoms with Crippen molar-refractivity contribution in [2.75, 3.05) is 17.2 Å². The molecule has 3 aromatic carbocycles. The largest absolute Gasteiger partial charge is 0.368 e. The maximum Gasteiger partial charge on any atom is 0.255 e. The summed E-state index contributed by atoms with van der Waals surface area (Å²) in [5.74, 6) is -0.404. The van der Waals surface area contributed by atoms with Crippen molar-refractivity contribution < 1.29 is 14.3 Å². The second-order valence-electron chi connectivity index (χ2n) is 6.94. The summed E-state index contributed by atoms with van der Waals surface area (Å²) in [6.07, 6.45) is 1.20. The Morgan fingerprint density at radius 2 is 1.70 bits per heavy atom. The standard InChI is InChI=1S/C24H22N2O3S/c27-23(17-8-6-9-18(16-17)25-24(28)21-13-7-15-29-21)26-20-12-4-5-14-22(20)30-19-10-2-1-3-11-19/h1-6,8-12,14,16,21H,7,13,15H2,(H,25,28)(H,26,27). The average molecular weight is 419 g/mol. The molecule has 1 saturated heterocycles. The molecule has 1 aliphatic rings. The van der Waals surface area contributed by atoms with Crippen molar-refractivity contribution in [3.8, 4) is 0 Å². The number of para-hydroxylation sites is 1. The van der Waals surface area contributed by atoms with Crippen LogP contribution >= 0.6 is 11.8 Å². The number of hydrogen-bond acceptors (Lipinski definition) is 4. The predicted octanol–water partition coefficient (Wildman–Crippen LogP) is 5.21. The van der Waals surface area contributed by atoms with Crippen LogP contribution in [-0.4, -0.2) is 24.5 Å². The smallest absolute Gasteiger partial charge is 0.255 e. The van der Waals surface area contributed by atoms with Crippen molar-refractivity contribution in [3.05, 3.63) is 84.4 Å². The van der Waals surface area contributed by atoms with Crippen LogP contribution in [0.5, 0.6) is 0 Å². The molecule has 2 amide bonds. The first-order valence-electron chi connectivity index (χ1n) is 9.85. The molecule has 1 unspecified atom stereocenters. The lowest BCUT2D eigenvalue weighted by molar-refractivity contribution is -0.124. The van der Waals surface area contributed by atoms with Crippen LogP contribution in [0, 0.1) is 0 Å². The lowest BCUT2D eigenvalue weighted by Gasteiger charge is -2.13. The highest BCUT2D eigenvalue weighted by molar-refractivity contribution is 7.99. The Bertz CT molecular complexity index is 1030. The van der Waals surface area contributed by atoms with E-state index < -0.39 is 6.10 Å². The van der Waals surface area contributed by atoms with Gasteiger partial charge in [0, 0.05) is 27.6 Å². The van der Waals surface area contributed by atoms with Crippen LogP contribution in [0.25, 0.3) is 0 Å². The van der Waals surface area contributed by atoms with E-state index in [2.05, 4.69) is 10.6 Å². The third-order valence-electron chi connectivity index (χ3n) is 4.72. The van der Waals surface area contributed by atoms with Crippen molar-refractivity contribution in [1.82, 2.24) is 0 Å². The molecule has 0 bridgehead atoms. The summed E-state index contributed by atoms with van der Waals surface area (Å²) in [5.41, 5.74) is 1.79. The van der Waals surface area contributed by atoms with Gasteiger partial charge in [0.1, 0.15) is 6.10 Å². The van der Waals surface area contributed by atoms with Gasteiger partial charge in [-0.25, -0.2) is 0 Å². The topological polar surface area (TPSA) is 67.4 Å². The number of carbonyl (C=O) groups is 2. The molecule has 1 fully saturated rings. The normalized spacial score (nSPS) is 15.5. The molecule has 0 aliphatic carbocycles. The summed E-state index contributed by atoms with van der Waals surface area (Å²) < 4.78 is 5.41. The van der Waals surface area contributed by atoms with Crippen LogP contribution in [-0.2, 0) is 9.53 Å². The first-order chi connectivity index (χ1) is 14.7. The Morgan fingerprint density at radius 1 is 0.900 bits per heavy atom. The van der Waals surface area contributed by atoms with Gasteiger partial charge in [0.25, 0.3) is 11.8 Å². The second kappa shape index (κ2) is 9.61. The molecule has 6 heteroatoms. The number of ether oxygens (including phenoxy) is 1. The van der Waals surface area contributed by atoms with Gasteiger partial charge in [0.2, 0.25) is 0 Å². The highest BCUT2D eigenvalue weighted by atomic mass is 32.2. The van der Waals surface area contributed by atoms with Gasteiger partial charge in [-0.3, -0.25) is 9.59 Å². The van der Waals surface area contributed by atoms with Crippen molar-refractivity contribution in [3.63, 3.8) is 0 Å². The monoisotopic (exact) mass is 418 g/mol. The predicted molar refractivity (Wildman–Crippen MR) is 119 cm³/mol. The van der Waals surface area contributed by atoms with Crippen LogP contribution in [0.2, 0.25) is 0 Å². The summed E-state index contributed by atoms with van der Waals surface area (Å²) in [6, 6.07) is 24.6. The molecule has 0 spiro atoms. The Hall–Kier alpha value is -3.09. The number of carbonyl (C=O) groups excluding carboxylic acids is 2. The number of amides is 2. The summed E-state index contributed by atoms with van der Waals surface area (Å²) in [7, 11) is 0. The third kappa shape index (κ3) is 5.09. The zero-order chi connectivity index (χ0) is 20.8. The molecule has 5 nitrogen and oxygen atoms in total. The van der Waals surface area contributed by atoms with E-state index in [0.29, 0.717) is 17.9 Å². The molecule has 0 radical (unpaired) electrons. The Kier molecular flexibility index (Phi) is 6.47. The molecule has 152 valence electrons. The minimum Gasteiger partial charge on any atom is -0.368 e. The SMILES string of the molecule is O=C(Nc1ccccc1Sc1ccccc1)c1cccc(NC(=O)C2CCCO2)c1. The van der Waals surface area contributed by atoms with E-state index in [1.54, 1.807) is 36.0 Å². The van der Waals surface area contributed by atoms with Crippen LogP contribution in [0.1, 0.15) is 23.2 Å². The number of nitrogens with one attached hydrogen (secondary N) is 2. The number of hydrogen-bond donors (Lipinski definition) is 2. The zero-order valence-electron chi connectivity index (χ0n) is 16.3. The van der Waals surface area contributed by atoms with E-state index in [1.165, 1.54) is 0 Å². The zero-order valence-corrected chi connectivity index (χ0v) is 17.2. The van der Waals surface area contributed by atoms with Crippen molar-refractivity contribution >= 4 is 35.0 Å². The van der Waals surface area contributed by atoms with E-state index >= 15 is 0 Å². The highest BCUT2D eigenvalue weighted by Crippen LogP contribution is 2.33. The van der Waals surface area contributed by atoms with Gasteiger partial charge in [-0.2, -0.15) is 0 Å². The van der Waals surface area contributed by atoms with E-state index in [9.17, 15) is 9.59 Å². The van der Waals surface area contributed by atoms with Gasteiger partial charge in [-0.05, 0) is 55.3 Å². The Labute approximate surface area is 179 Å². The summed E-state index contributed by atoms with van der Waals surface area (Å²) in [6.45, 7) is 0.612. The minimum atomic E-state index is -0.413. The number of benzene rings is 3. The number of rotatable bonds is 6. The summed E-state index contributed by atoms with van der Waals surface area (Å²) in [4.78, 5) is 27.2. The Balaban J connectivity index is 1.46. The minimum absolute atomic E-state index is 0.172. The maximum absolute atomic E-state index is 12.9. The van der Waals surface area contributed by atoms with Gasteiger partial charge < -0.3 is 15.4 Å². The molecule has 0 saturated carbocycles. The molecule has 2 N–H and O–H groups in total. The van der Waals surface area contributed by atoms with Crippen molar-refractivity contribution in [2.24, 2.45) is 0 Å². The molecule has 30 heavy (non-hydrogen) atoms. The molecule has 4 rings (SSSR count). The highest BCUT2D eigenvalue weighted by Gasteiger charge is 2.23. The molecule has 1 heterocycles. The first kappa shape index (κ1) is 20.2. The van der Waals surface area contributed by atoms with E-state index in [0.717, 1.165) is 28.3 Å². The Morgan fingerprint density at radius 3 is 2.50 bits per heavy atom. The fourth-order valence-corrected chi connectivity index (χ4v) is 4.14. The van der Waals surface area contributed by atoms with Gasteiger partial charge in [0.15, 0.2) is 0 Å². The molecular weight excluding hydrogens is 396 g/mol. The second-order valence-corrected chi connectivity index (χ2v) is 8.05. The lowest BCUT2D eigenvalue weighted by Crippen LogP contribution is -2.27. The summed E-state index contributed by atoms with van der Waals surface area (Å²) >= 11 is 1.59. The van der Waals surface area contributed by atoms with Crippen LogP contribution in [0.4, 0.5) is 11.4 Å². The maximum atomic E-state index is 12.9. The molecule has 1 atom stereocenters. The third-order valence-corrected chi connectivity index (χ3v) is 5.80. The van der Waals surface area contributed by atoms with Crippen molar-refractivity contribution in [2.45, 2.75) is 28.7 Å². The summed E-state index contributed by atoms with van der Waals surface area (Å²) in [5, 5.41) is 5.82. The quantitative estimate of drug-likeness (QED) is 0.577. The average Bonchev–Trinajstić information content (AvgIpc) is 3.31. The molecule has 0 aromatic heterocycles. The number of anilines is 2. The van der Waals surface area contributed by atoms with E-state index in [4.69, 9.17) is 4.74 Å². The van der Waals surface area contributed by atoms with Crippen molar-refractivity contribution in [1.29, 1.82) is 0 Å². The van der Waals surface area contributed by atoms with E-state index in [1.807, 2.05) is 54.6 Å². The van der Waals surface area contributed by atoms with Crippen LogP contribution in [0.15, 0.2) is 88.7 Å². The van der Waals surface area contributed by atoms with E-state index in [-0.39, 0.29) is 11.8 Å². The molecular formula is C24H22N2O3S. The van der Waals surface area contributed by atoms with Gasteiger partial charge >= 0.3 is 0 Å². The van der Waals surface area contributed by atoms with Crippen LogP contribution in [0.3, 0.4) is 0 Å². The van der Waals surface area contributed by atoms with Crippen LogP contribution < -0.4 is 10.6 Å². The van der Waals surface area contributed by atoms with Gasteiger partial charge in [-0.15, -0.1) is 0 Å². The van der Waals surface area contributed by atoms with Gasteiger partial charge in [0.05, 0.1) is 5.69 Å². The molecule has 1 aliphatic heterocycles. The molecule has 3 aromatic rings.